The summed E-state index contributed by atoms with van der Waals surface area (Å²) < 4.78 is 11.1. The summed E-state index contributed by atoms with van der Waals surface area (Å²) in [4.78, 5) is 27.3. The van der Waals surface area contributed by atoms with E-state index in [9.17, 15) is 9.59 Å². The monoisotopic (exact) mass is 507 g/mol. The third-order valence-corrected chi connectivity index (χ3v) is 7.57. The molecule has 3 aromatic carbocycles. The molecule has 1 heterocycles. The van der Waals surface area contributed by atoms with Crippen molar-refractivity contribution in [2.45, 2.75) is 51.6 Å². The van der Waals surface area contributed by atoms with Crippen LogP contribution in [0.25, 0.3) is 0 Å². The minimum absolute atomic E-state index is 0.0576. The van der Waals surface area contributed by atoms with Crippen LogP contribution < -0.4 is 10.1 Å². The van der Waals surface area contributed by atoms with Crippen LogP contribution in [-0.4, -0.2) is 18.9 Å². The number of hydrogen-bond donors (Lipinski definition) is 1. The molecule has 2 aliphatic rings. The smallest absolute Gasteiger partial charge is 0.337 e. The number of benzene rings is 3. The molecule has 0 saturated carbocycles. The normalized spacial score (nSPS) is 19.1. The highest BCUT2D eigenvalue weighted by molar-refractivity contribution is 6.04. The van der Waals surface area contributed by atoms with Gasteiger partial charge in [-0.3, -0.25) is 4.79 Å². The van der Waals surface area contributed by atoms with Crippen LogP contribution in [0.4, 0.5) is 0 Å². The molecule has 0 bridgehead atoms. The minimum Gasteiger partial charge on any atom is -0.497 e. The van der Waals surface area contributed by atoms with Gasteiger partial charge in [-0.1, -0.05) is 73.7 Å². The van der Waals surface area contributed by atoms with Gasteiger partial charge < -0.3 is 14.8 Å². The fourth-order valence-electron chi connectivity index (χ4n) is 5.50. The Bertz CT molecular complexity index is 1390. The molecule has 1 aliphatic heterocycles. The first-order valence-electron chi connectivity index (χ1n) is 13.2. The van der Waals surface area contributed by atoms with Crippen molar-refractivity contribution < 1.29 is 19.1 Å². The SMILES string of the molecule is CCc1ccc([C@H]2C(C(=O)OCc3ccccc3)=C(C)NC3=C2C(=O)C[C@H](c2ccc(OC)cc2)C3)cc1. The Morgan fingerprint density at radius 3 is 2.24 bits per heavy atom. The summed E-state index contributed by atoms with van der Waals surface area (Å²) in [5.74, 6) is 0.0385. The molecule has 1 N–H and O–H groups in total. The molecule has 5 rings (SSSR count). The second-order valence-electron chi connectivity index (χ2n) is 9.95. The van der Waals surface area contributed by atoms with E-state index in [4.69, 9.17) is 9.47 Å². The molecule has 0 unspecified atom stereocenters. The fraction of sp³-hybridized carbons (Fsp3) is 0.273. The number of rotatable bonds is 7. The summed E-state index contributed by atoms with van der Waals surface area (Å²) in [6.45, 7) is 4.19. The lowest BCUT2D eigenvalue weighted by atomic mass is 9.71. The van der Waals surface area contributed by atoms with Gasteiger partial charge in [0.1, 0.15) is 12.4 Å². The van der Waals surface area contributed by atoms with Gasteiger partial charge in [-0.05, 0) is 60.1 Å². The summed E-state index contributed by atoms with van der Waals surface area (Å²) in [6, 6.07) is 25.8. The number of ketones is 1. The van der Waals surface area contributed by atoms with Gasteiger partial charge in [0.15, 0.2) is 5.78 Å². The topological polar surface area (TPSA) is 64.6 Å². The zero-order valence-corrected chi connectivity index (χ0v) is 22.1. The van der Waals surface area contributed by atoms with E-state index >= 15 is 0 Å². The number of esters is 1. The minimum atomic E-state index is -0.468. The summed E-state index contributed by atoms with van der Waals surface area (Å²) in [7, 11) is 1.65. The number of hydrogen-bond acceptors (Lipinski definition) is 5. The summed E-state index contributed by atoms with van der Waals surface area (Å²) in [5.41, 5.74) is 6.96. The molecule has 0 saturated heterocycles. The summed E-state index contributed by atoms with van der Waals surface area (Å²) in [5, 5.41) is 3.44. The van der Waals surface area contributed by atoms with E-state index in [2.05, 4.69) is 24.4 Å². The predicted octanol–water partition coefficient (Wildman–Crippen LogP) is 6.36. The highest BCUT2D eigenvalue weighted by atomic mass is 16.5. The first-order chi connectivity index (χ1) is 18.5. The van der Waals surface area contributed by atoms with Crippen molar-refractivity contribution in [3.8, 4) is 5.75 Å². The maximum atomic E-state index is 13.8. The first-order valence-corrected chi connectivity index (χ1v) is 13.2. The van der Waals surface area contributed by atoms with Gasteiger partial charge in [-0.15, -0.1) is 0 Å². The number of allylic oxidation sites excluding steroid dienone is 3. The number of dihydropyridines is 1. The zero-order valence-electron chi connectivity index (χ0n) is 22.1. The quantitative estimate of drug-likeness (QED) is 0.377. The Kier molecular flexibility index (Phi) is 7.45. The van der Waals surface area contributed by atoms with E-state index in [0.717, 1.165) is 40.3 Å². The number of methoxy groups -OCH3 is 1. The van der Waals surface area contributed by atoms with Gasteiger partial charge in [0.2, 0.25) is 0 Å². The van der Waals surface area contributed by atoms with E-state index in [-0.39, 0.29) is 18.3 Å². The Labute approximate surface area is 224 Å². The predicted molar refractivity (Wildman–Crippen MR) is 148 cm³/mol. The average molecular weight is 508 g/mol. The van der Waals surface area contributed by atoms with Crippen LogP contribution in [0.1, 0.15) is 60.8 Å². The highest BCUT2D eigenvalue weighted by Crippen LogP contribution is 2.46. The van der Waals surface area contributed by atoms with Crippen LogP contribution in [0.3, 0.4) is 0 Å². The Morgan fingerprint density at radius 1 is 0.895 bits per heavy atom. The molecule has 38 heavy (non-hydrogen) atoms. The lowest BCUT2D eigenvalue weighted by Crippen LogP contribution is -2.36. The first kappa shape index (κ1) is 25.5. The molecular weight excluding hydrogens is 474 g/mol. The van der Waals surface area contributed by atoms with Crippen molar-refractivity contribution in [1.82, 2.24) is 5.32 Å². The van der Waals surface area contributed by atoms with Crippen LogP contribution in [0, 0.1) is 0 Å². The van der Waals surface area contributed by atoms with Crippen molar-refractivity contribution >= 4 is 11.8 Å². The Morgan fingerprint density at radius 2 is 1.58 bits per heavy atom. The number of carbonyl (C=O) groups is 2. The lowest BCUT2D eigenvalue weighted by Gasteiger charge is -2.36. The van der Waals surface area contributed by atoms with Crippen molar-refractivity contribution in [3.05, 3.63) is 124 Å². The van der Waals surface area contributed by atoms with Gasteiger partial charge in [-0.2, -0.15) is 0 Å². The molecule has 0 spiro atoms. The van der Waals surface area contributed by atoms with Crippen molar-refractivity contribution in [1.29, 1.82) is 0 Å². The number of ether oxygens (including phenoxy) is 2. The molecule has 2 atom stereocenters. The molecule has 0 fully saturated rings. The summed E-state index contributed by atoms with van der Waals surface area (Å²) in [6.07, 6.45) is 2.01. The van der Waals surface area contributed by atoms with E-state index in [1.807, 2.05) is 73.7 Å². The Hall–Kier alpha value is -4.12. The van der Waals surface area contributed by atoms with Gasteiger partial charge in [-0.25, -0.2) is 4.79 Å². The Balaban J connectivity index is 1.50. The fourth-order valence-corrected chi connectivity index (χ4v) is 5.50. The second kappa shape index (κ2) is 11.1. The number of aryl methyl sites for hydroxylation is 1. The number of carbonyl (C=O) groups excluding carboxylic acids is 2. The molecule has 5 heteroatoms. The lowest BCUT2D eigenvalue weighted by molar-refractivity contribution is -0.140. The largest absolute Gasteiger partial charge is 0.497 e. The van der Waals surface area contributed by atoms with Gasteiger partial charge in [0, 0.05) is 29.3 Å². The molecule has 194 valence electrons. The van der Waals surface area contributed by atoms with E-state index in [0.29, 0.717) is 24.0 Å². The van der Waals surface area contributed by atoms with Crippen LogP contribution in [-0.2, 0) is 27.4 Å². The maximum Gasteiger partial charge on any atom is 0.337 e. The van der Waals surface area contributed by atoms with Gasteiger partial charge in [0.05, 0.1) is 12.7 Å². The molecular formula is C33H33NO4. The highest BCUT2D eigenvalue weighted by Gasteiger charge is 2.41. The van der Waals surface area contributed by atoms with Crippen molar-refractivity contribution in [3.63, 3.8) is 0 Å². The number of nitrogens with one attached hydrogen (secondary N) is 1. The molecule has 0 radical (unpaired) electrons. The number of Topliss-reactive ketones (excluding diaryl/α,β-unsaturated/α-hetero) is 1. The van der Waals surface area contributed by atoms with Gasteiger partial charge >= 0.3 is 5.97 Å². The molecule has 0 amide bonds. The van der Waals surface area contributed by atoms with Crippen molar-refractivity contribution in [2.24, 2.45) is 0 Å². The average Bonchev–Trinajstić information content (AvgIpc) is 2.95. The molecule has 1 aliphatic carbocycles. The van der Waals surface area contributed by atoms with Gasteiger partial charge in [0.25, 0.3) is 0 Å². The third-order valence-electron chi connectivity index (χ3n) is 7.57. The van der Waals surface area contributed by atoms with Crippen LogP contribution in [0.15, 0.2) is 101 Å². The summed E-state index contributed by atoms with van der Waals surface area (Å²) >= 11 is 0. The van der Waals surface area contributed by atoms with E-state index in [1.165, 1.54) is 5.56 Å². The molecule has 5 nitrogen and oxygen atoms in total. The second-order valence-corrected chi connectivity index (χ2v) is 9.95. The van der Waals surface area contributed by atoms with E-state index in [1.54, 1.807) is 7.11 Å². The van der Waals surface area contributed by atoms with Crippen LogP contribution in [0.5, 0.6) is 5.75 Å². The third kappa shape index (κ3) is 5.14. The maximum absolute atomic E-state index is 13.8. The van der Waals surface area contributed by atoms with Crippen LogP contribution in [0.2, 0.25) is 0 Å². The van der Waals surface area contributed by atoms with E-state index < -0.39 is 11.9 Å². The van der Waals surface area contributed by atoms with Crippen LogP contribution >= 0.6 is 0 Å². The molecule has 3 aromatic rings. The standard InChI is InChI=1S/C33H33NO4/c1-4-22-10-12-25(13-11-22)31-30(33(36)38-20-23-8-6-5-7-9-23)21(2)34-28-18-26(19-29(35)32(28)31)24-14-16-27(37-3)17-15-24/h5-17,26,31,34H,4,18-20H2,1-3H3/t26-,31+/m1/s1. The molecule has 0 aromatic heterocycles. The zero-order chi connectivity index (χ0) is 26.6. The van der Waals surface area contributed by atoms with Crippen molar-refractivity contribution in [2.75, 3.05) is 7.11 Å².